The van der Waals surface area contributed by atoms with Gasteiger partial charge in [-0.15, -0.1) is 11.3 Å². The van der Waals surface area contributed by atoms with Crippen molar-refractivity contribution in [1.29, 1.82) is 0 Å². The fraction of sp³-hybridized carbons (Fsp3) is 0.312. The van der Waals surface area contributed by atoms with Crippen molar-refractivity contribution in [3.63, 3.8) is 0 Å². The topological polar surface area (TPSA) is 55.6 Å². The van der Waals surface area contributed by atoms with Crippen molar-refractivity contribution in [3.05, 3.63) is 57.3 Å². The highest BCUT2D eigenvalue weighted by Gasteiger charge is 2.31. The van der Waals surface area contributed by atoms with Gasteiger partial charge in [0.2, 0.25) is 5.95 Å². The molecule has 1 aliphatic heterocycles. The average molecular weight is 311 g/mol. The Bertz CT molecular complexity index is 793. The number of tetrazole rings is 1. The van der Waals surface area contributed by atoms with Crippen LogP contribution in [-0.2, 0) is 0 Å². The van der Waals surface area contributed by atoms with Gasteiger partial charge in [0.1, 0.15) is 0 Å². The highest BCUT2D eigenvalue weighted by Crippen LogP contribution is 2.38. The first-order valence-corrected chi connectivity index (χ1v) is 8.25. The Hall–Kier alpha value is -2.21. The molecule has 2 aromatic heterocycles. The van der Waals surface area contributed by atoms with Gasteiger partial charge >= 0.3 is 0 Å². The second kappa shape index (κ2) is 5.21. The molecule has 1 aliphatic rings. The summed E-state index contributed by atoms with van der Waals surface area (Å²) >= 11 is 1.76. The van der Waals surface area contributed by atoms with E-state index in [-0.39, 0.29) is 12.1 Å². The zero-order chi connectivity index (χ0) is 15.1. The highest BCUT2D eigenvalue weighted by molar-refractivity contribution is 7.10. The van der Waals surface area contributed by atoms with Crippen LogP contribution in [0.1, 0.15) is 40.1 Å². The van der Waals surface area contributed by atoms with E-state index in [0.29, 0.717) is 0 Å². The molecule has 1 N–H and O–H groups in total. The molecule has 0 saturated carbocycles. The van der Waals surface area contributed by atoms with Crippen LogP contribution in [0.4, 0.5) is 5.95 Å². The van der Waals surface area contributed by atoms with Crippen LogP contribution < -0.4 is 5.32 Å². The number of hydrogen-bond donors (Lipinski definition) is 1. The van der Waals surface area contributed by atoms with Gasteiger partial charge in [-0.05, 0) is 58.8 Å². The van der Waals surface area contributed by atoms with Crippen LogP contribution in [0.25, 0.3) is 0 Å². The molecule has 0 aliphatic carbocycles. The number of nitrogens with zero attached hydrogens (tertiary/aromatic N) is 4. The summed E-state index contributed by atoms with van der Waals surface area (Å²) in [4.78, 5) is 1.30. The van der Waals surface area contributed by atoms with E-state index in [2.05, 4.69) is 70.4 Å². The average Bonchev–Trinajstić information content (AvgIpc) is 3.19. The molecule has 0 fully saturated rings. The van der Waals surface area contributed by atoms with Crippen molar-refractivity contribution in [2.24, 2.45) is 0 Å². The minimum Gasteiger partial charge on any atom is -0.346 e. The first kappa shape index (κ1) is 13.5. The fourth-order valence-electron chi connectivity index (χ4n) is 2.95. The Morgan fingerprint density at radius 1 is 1.23 bits per heavy atom. The summed E-state index contributed by atoms with van der Waals surface area (Å²) in [5.74, 6) is 0.743. The molecule has 22 heavy (non-hydrogen) atoms. The van der Waals surface area contributed by atoms with Gasteiger partial charge < -0.3 is 5.32 Å². The van der Waals surface area contributed by atoms with Crippen molar-refractivity contribution in [2.45, 2.75) is 32.4 Å². The second-order valence-electron chi connectivity index (χ2n) is 5.75. The Morgan fingerprint density at radius 2 is 2.14 bits per heavy atom. The molecule has 5 nitrogen and oxygen atoms in total. The summed E-state index contributed by atoms with van der Waals surface area (Å²) in [7, 11) is 0. The number of benzene rings is 1. The zero-order valence-corrected chi connectivity index (χ0v) is 13.3. The minimum atomic E-state index is 0.192. The van der Waals surface area contributed by atoms with Crippen molar-refractivity contribution < 1.29 is 0 Å². The number of rotatable bonds is 2. The Morgan fingerprint density at radius 3 is 2.91 bits per heavy atom. The Balaban J connectivity index is 1.73. The first-order valence-electron chi connectivity index (χ1n) is 7.37. The summed E-state index contributed by atoms with van der Waals surface area (Å²) in [5, 5.41) is 17.7. The smallest absolute Gasteiger partial charge is 0.244 e. The zero-order valence-electron chi connectivity index (χ0n) is 12.5. The predicted molar refractivity (Wildman–Crippen MR) is 87.2 cm³/mol. The summed E-state index contributed by atoms with van der Waals surface area (Å²) in [6.07, 6.45) is 0.945. The number of thiophene rings is 1. The maximum atomic E-state index is 4.15. The van der Waals surface area contributed by atoms with E-state index in [9.17, 15) is 0 Å². The van der Waals surface area contributed by atoms with Crippen LogP contribution in [0.5, 0.6) is 0 Å². The second-order valence-corrected chi connectivity index (χ2v) is 6.73. The van der Waals surface area contributed by atoms with Crippen LogP contribution in [0, 0.1) is 13.8 Å². The molecule has 3 aromatic rings. The third-order valence-corrected chi connectivity index (χ3v) is 5.33. The van der Waals surface area contributed by atoms with E-state index in [0.717, 1.165) is 12.4 Å². The molecule has 0 radical (unpaired) electrons. The third-order valence-electron chi connectivity index (χ3n) is 4.36. The number of hydrogen-bond acceptors (Lipinski definition) is 5. The molecule has 3 heterocycles. The van der Waals surface area contributed by atoms with Crippen LogP contribution in [0.2, 0.25) is 0 Å². The summed E-state index contributed by atoms with van der Waals surface area (Å²) in [6, 6.07) is 11.3. The molecule has 1 aromatic carbocycles. The summed E-state index contributed by atoms with van der Waals surface area (Å²) in [5.41, 5.74) is 3.93. The van der Waals surface area contributed by atoms with E-state index in [4.69, 9.17) is 0 Å². The lowest BCUT2D eigenvalue weighted by Crippen LogP contribution is -2.27. The molecule has 0 spiro atoms. The third kappa shape index (κ3) is 2.20. The normalized spacial score (nSPS) is 20.5. The van der Waals surface area contributed by atoms with E-state index in [1.165, 1.54) is 21.6 Å². The molecule has 2 unspecified atom stereocenters. The SMILES string of the molecule is Cc1ccc(C2CC(c3cccs3)n3nnnc3N2)cc1C. The molecular weight excluding hydrogens is 294 g/mol. The van der Waals surface area contributed by atoms with Crippen molar-refractivity contribution >= 4 is 17.3 Å². The van der Waals surface area contributed by atoms with Crippen molar-refractivity contribution in [2.75, 3.05) is 5.32 Å². The molecule has 2 atom stereocenters. The lowest BCUT2D eigenvalue weighted by atomic mass is 9.94. The van der Waals surface area contributed by atoms with Crippen LogP contribution in [0.3, 0.4) is 0 Å². The predicted octanol–water partition coefficient (Wildman–Crippen LogP) is 3.50. The van der Waals surface area contributed by atoms with Gasteiger partial charge in [-0.3, -0.25) is 0 Å². The van der Waals surface area contributed by atoms with E-state index >= 15 is 0 Å². The van der Waals surface area contributed by atoms with Gasteiger partial charge in [-0.2, -0.15) is 0 Å². The maximum absolute atomic E-state index is 4.15. The van der Waals surface area contributed by atoms with Crippen LogP contribution in [0.15, 0.2) is 35.7 Å². The monoisotopic (exact) mass is 311 g/mol. The van der Waals surface area contributed by atoms with Crippen LogP contribution >= 0.6 is 11.3 Å². The van der Waals surface area contributed by atoms with Gasteiger partial charge in [0.15, 0.2) is 0 Å². The Labute approximate surface area is 133 Å². The first-order chi connectivity index (χ1) is 10.7. The minimum absolute atomic E-state index is 0.192. The number of aryl methyl sites for hydroxylation is 2. The number of fused-ring (bicyclic) bond motifs is 1. The van der Waals surface area contributed by atoms with Gasteiger partial charge in [0.05, 0.1) is 12.1 Å². The highest BCUT2D eigenvalue weighted by atomic mass is 32.1. The van der Waals surface area contributed by atoms with E-state index < -0.39 is 0 Å². The largest absolute Gasteiger partial charge is 0.346 e. The Kier molecular flexibility index (Phi) is 3.18. The quantitative estimate of drug-likeness (QED) is 0.787. The molecule has 0 saturated heterocycles. The maximum Gasteiger partial charge on any atom is 0.244 e. The fourth-order valence-corrected chi connectivity index (χ4v) is 3.78. The van der Waals surface area contributed by atoms with E-state index in [1.807, 2.05) is 4.68 Å². The molecule has 4 rings (SSSR count). The van der Waals surface area contributed by atoms with Gasteiger partial charge in [0.25, 0.3) is 0 Å². The van der Waals surface area contributed by atoms with Gasteiger partial charge in [-0.25, -0.2) is 4.68 Å². The lowest BCUT2D eigenvalue weighted by molar-refractivity contribution is 0.429. The standard InChI is InChI=1S/C16H17N5S/c1-10-5-6-12(8-11(10)2)13-9-14(15-4-3-7-22-15)21-16(17-13)18-19-20-21/h3-8,13-14H,9H2,1-2H3,(H,17,18,20). The van der Waals surface area contributed by atoms with Crippen molar-refractivity contribution in [3.8, 4) is 0 Å². The molecule has 0 bridgehead atoms. The van der Waals surface area contributed by atoms with E-state index in [1.54, 1.807) is 11.3 Å². The number of nitrogens with one attached hydrogen (secondary N) is 1. The van der Waals surface area contributed by atoms with Gasteiger partial charge in [0, 0.05) is 4.88 Å². The molecular formula is C16H17N5S. The lowest BCUT2D eigenvalue weighted by Gasteiger charge is -2.30. The molecule has 0 amide bonds. The van der Waals surface area contributed by atoms with Crippen LogP contribution in [-0.4, -0.2) is 20.2 Å². The molecule has 6 heteroatoms. The number of aromatic nitrogens is 4. The number of anilines is 1. The van der Waals surface area contributed by atoms with Gasteiger partial charge in [-0.1, -0.05) is 29.4 Å². The summed E-state index contributed by atoms with van der Waals surface area (Å²) in [6.45, 7) is 4.30. The summed E-state index contributed by atoms with van der Waals surface area (Å²) < 4.78 is 1.89. The van der Waals surface area contributed by atoms with Crippen molar-refractivity contribution in [1.82, 2.24) is 20.2 Å². The molecule has 112 valence electrons.